The summed E-state index contributed by atoms with van der Waals surface area (Å²) in [6.07, 6.45) is 0.584. The molecule has 162 valence electrons. The predicted molar refractivity (Wildman–Crippen MR) is 113 cm³/mol. The van der Waals surface area contributed by atoms with Gasteiger partial charge in [-0.05, 0) is 68.3 Å². The van der Waals surface area contributed by atoms with Gasteiger partial charge in [-0.1, -0.05) is 0 Å². The van der Waals surface area contributed by atoms with Gasteiger partial charge in [-0.25, -0.2) is 13.2 Å². The minimum absolute atomic E-state index is 0.0635. The Balaban J connectivity index is 1.79. The fourth-order valence-corrected chi connectivity index (χ4v) is 3.06. The SMILES string of the molecule is Cc1nn(C)c(C)c1CCN=C(NC(=O)c1ccc(F)c(F)c1)Nc1ccc(F)cc1. The number of hydrogen-bond donors (Lipinski definition) is 2. The lowest BCUT2D eigenvalue weighted by atomic mass is 10.1. The van der Waals surface area contributed by atoms with Crippen LogP contribution in [0, 0.1) is 31.3 Å². The molecule has 0 fully saturated rings. The Morgan fingerprint density at radius 2 is 1.77 bits per heavy atom. The first-order valence-corrected chi connectivity index (χ1v) is 9.57. The van der Waals surface area contributed by atoms with Gasteiger partial charge in [-0.3, -0.25) is 19.8 Å². The van der Waals surface area contributed by atoms with Crippen molar-refractivity contribution in [3.63, 3.8) is 0 Å². The van der Waals surface area contributed by atoms with E-state index in [0.717, 1.165) is 29.1 Å². The number of aryl methyl sites for hydroxylation is 2. The fraction of sp³-hybridized carbons (Fsp3) is 0.227. The molecule has 0 aliphatic heterocycles. The lowest BCUT2D eigenvalue weighted by Crippen LogP contribution is -2.36. The number of aliphatic imine (C=N–C) groups is 1. The summed E-state index contributed by atoms with van der Waals surface area (Å²) in [5.41, 5.74) is 3.41. The number of hydrogen-bond acceptors (Lipinski definition) is 3. The van der Waals surface area contributed by atoms with Crippen molar-refractivity contribution < 1.29 is 18.0 Å². The second kappa shape index (κ2) is 9.46. The minimum Gasteiger partial charge on any atom is -0.326 e. The van der Waals surface area contributed by atoms with Crippen molar-refractivity contribution in [2.24, 2.45) is 12.0 Å². The number of amides is 1. The quantitative estimate of drug-likeness (QED) is 0.478. The van der Waals surface area contributed by atoms with Gasteiger partial charge in [-0.15, -0.1) is 0 Å². The average Bonchev–Trinajstić information content (AvgIpc) is 2.97. The van der Waals surface area contributed by atoms with Crippen LogP contribution >= 0.6 is 0 Å². The number of guanidine groups is 1. The van der Waals surface area contributed by atoms with Crippen LogP contribution < -0.4 is 10.6 Å². The summed E-state index contributed by atoms with van der Waals surface area (Å²) in [5, 5.41) is 9.85. The Morgan fingerprint density at radius 1 is 1.06 bits per heavy atom. The highest BCUT2D eigenvalue weighted by Gasteiger charge is 2.13. The van der Waals surface area contributed by atoms with Crippen molar-refractivity contribution in [1.29, 1.82) is 0 Å². The largest absolute Gasteiger partial charge is 0.326 e. The molecule has 0 unspecified atom stereocenters. The molecule has 0 saturated heterocycles. The molecule has 2 aromatic carbocycles. The van der Waals surface area contributed by atoms with Gasteiger partial charge in [0.25, 0.3) is 5.91 Å². The van der Waals surface area contributed by atoms with Crippen molar-refractivity contribution in [1.82, 2.24) is 15.1 Å². The molecule has 0 aliphatic carbocycles. The second-order valence-electron chi connectivity index (χ2n) is 6.97. The van der Waals surface area contributed by atoms with Crippen LogP contribution in [0.2, 0.25) is 0 Å². The highest BCUT2D eigenvalue weighted by atomic mass is 19.2. The monoisotopic (exact) mass is 429 g/mol. The van der Waals surface area contributed by atoms with E-state index in [1.54, 1.807) is 4.68 Å². The number of aromatic nitrogens is 2. The zero-order chi connectivity index (χ0) is 22.5. The van der Waals surface area contributed by atoms with Gasteiger partial charge >= 0.3 is 0 Å². The standard InChI is InChI=1S/C22H22F3N5O/c1-13-18(14(2)30(3)29-13)10-11-26-22(27-17-7-5-16(23)6-8-17)28-21(31)15-4-9-19(24)20(25)12-15/h4-9,12H,10-11H2,1-3H3,(H2,26,27,28,31). The molecule has 31 heavy (non-hydrogen) atoms. The molecule has 1 aromatic heterocycles. The van der Waals surface area contributed by atoms with Crippen LogP contribution in [0.15, 0.2) is 47.5 Å². The molecule has 0 bridgehead atoms. The van der Waals surface area contributed by atoms with Gasteiger partial charge in [0, 0.05) is 30.5 Å². The van der Waals surface area contributed by atoms with E-state index < -0.39 is 23.4 Å². The topological polar surface area (TPSA) is 71.3 Å². The number of nitrogens with one attached hydrogen (secondary N) is 2. The van der Waals surface area contributed by atoms with Gasteiger partial charge in [0.1, 0.15) is 5.82 Å². The number of benzene rings is 2. The third-order valence-corrected chi connectivity index (χ3v) is 4.81. The zero-order valence-corrected chi connectivity index (χ0v) is 17.3. The van der Waals surface area contributed by atoms with Gasteiger partial charge in [0.05, 0.1) is 5.69 Å². The summed E-state index contributed by atoms with van der Waals surface area (Å²) in [6.45, 7) is 4.20. The van der Waals surface area contributed by atoms with Gasteiger partial charge < -0.3 is 5.32 Å². The fourth-order valence-electron chi connectivity index (χ4n) is 3.06. The summed E-state index contributed by atoms with van der Waals surface area (Å²) in [6, 6.07) is 8.36. The van der Waals surface area contributed by atoms with E-state index in [1.807, 2.05) is 20.9 Å². The first kappa shape index (κ1) is 22.1. The molecule has 0 radical (unpaired) electrons. The Kier molecular flexibility index (Phi) is 6.74. The Hall–Kier alpha value is -3.62. The van der Waals surface area contributed by atoms with Crippen LogP contribution in [0.1, 0.15) is 27.3 Å². The van der Waals surface area contributed by atoms with Crippen LogP contribution in [0.5, 0.6) is 0 Å². The predicted octanol–water partition coefficient (Wildman–Crippen LogP) is 3.89. The number of anilines is 1. The maximum Gasteiger partial charge on any atom is 0.258 e. The van der Waals surface area contributed by atoms with E-state index in [-0.39, 0.29) is 11.5 Å². The maximum atomic E-state index is 13.5. The second-order valence-corrected chi connectivity index (χ2v) is 6.97. The Morgan fingerprint density at radius 3 is 2.39 bits per heavy atom. The van der Waals surface area contributed by atoms with Crippen molar-refractivity contribution in [2.75, 3.05) is 11.9 Å². The molecular weight excluding hydrogens is 407 g/mol. The summed E-state index contributed by atoms with van der Waals surface area (Å²) in [7, 11) is 1.86. The van der Waals surface area contributed by atoms with E-state index >= 15 is 0 Å². The highest BCUT2D eigenvalue weighted by molar-refractivity contribution is 6.09. The van der Waals surface area contributed by atoms with Gasteiger partial charge in [0.2, 0.25) is 5.96 Å². The van der Waals surface area contributed by atoms with E-state index in [4.69, 9.17) is 0 Å². The lowest BCUT2D eigenvalue weighted by Gasteiger charge is -2.12. The number of halogens is 3. The number of carbonyl (C=O) groups is 1. The van der Waals surface area contributed by atoms with Crippen LogP contribution in [0.4, 0.5) is 18.9 Å². The zero-order valence-electron chi connectivity index (χ0n) is 17.3. The molecule has 6 nitrogen and oxygen atoms in total. The normalized spacial score (nSPS) is 11.5. The van der Waals surface area contributed by atoms with Gasteiger partial charge in [-0.2, -0.15) is 5.10 Å². The first-order chi connectivity index (χ1) is 14.7. The average molecular weight is 429 g/mol. The van der Waals surface area contributed by atoms with Crippen molar-refractivity contribution in [2.45, 2.75) is 20.3 Å². The molecule has 1 heterocycles. The van der Waals surface area contributed by atoms with Crippen molar-refractivity contribution in [3.8, 4) is 0 Å². The van der Waals surface area contributed by atoms with E-state index in [2.05, 4.69) is 20.7 Å². The van der Waals surface area contributed by atoms with Crippen LogP contribution in [-0.4, -0.2) is 28.2 Å². The number of carbonyl (C=O) groups excluding carboxylic acids is 1. The molecule has 2 N–H and O–H groups in total. The van der Waals surface area contributed by atoms with Crippen LogP contribution in [0.25, 0.3) is 0 Å². The smallest absolute Gasteiger partial charge is 0.258 e. The number of nitrogens with zero attached hydrogens (tertiary/aromatic N) is 3. The summed E-state index contributed by atoms with van der Waals surface area (Å²) in [4.78, 5) is 16.9. The molecule has 9 heteroatoms. The molecule has 3 rings (SSSR count). The van der Waals surface area contributed by atoms with Crippen LogP contribution in [-0.2, 0) is 13.5 Å². The molecule has 1 amide bonds. The minimum atomic E-state index is -1.12. The van der Waals surface area contributed by atoms with E-state index in [1.165, 1.54) is 30.3 Å². The van der Waals surface area contributed by atoms with E-state index in [9.17, 15) is 18.0 Å². The molecule has 0 atom stereocenters. The van der Waals surface area contributed by atoms with Crippen molar-refractivity contribution >= 4 is 17.6 Å². The Bertz CT molecular complexity index is 1120. The van der Waals surface area contributed by atoms with Crippen LogP contribution in [0.3, 0.4) is 0 Å². The van der Waals surface area contributed by atoms with Crippen molar-refractivity contribution in [3.05, 3.63) is 82.4 Å². The van der Waals surface area contributed by atoms with Gasteiger partial charge in [0.15, 0.2) is 11.6 Å². The molecular formula is C22H22F3N5O. The summed E-state index contributed by atoms with van der Waals surface area (Å²) in [5.74, 6) is -3.14. The third kappa shape index (κ3) is 5.50. The van der Waals surface area contributed by atoms with E-state index in [0.29, 0.717) is 18.7 Å². The molecule has 0 saturated carbocycles. The molecule has 3 aromatic rings. The lowest BCUT2D eigenvalue weighted by molar-refractivity contribution is 0.0976. The Labute approximate surface area is 177 Å². The first-order valence-electron chi connectivity index (χ1n) is 9.57. The summed E-state index contributed by atoms with van der Waals surface area (Å²) >= 11 is 0. The highest BCUT2D eigenvalue weighted by Crippen LogP contribution is 2.13. The molecule has 0 spiro atoms. The number of rotatable bonds is 5. The summed E-state index contributed by atoms with van der Waals surface area (Å²) < 4.78 is 41.6. The third-order valence-electron chi connectivity index (χ3n) is 4.81. The molecule has 0 aliphatic rings. The maximum absolute atomic E-state index is 13.5.